The van der Waals surface area contributed by atoms with Gasteiger partial charge in [0.2, 0.25) is 0 Å². The van der Waals surface area contributed by atoms with E-state index in [1.54, 1.807) is 36.4 Å². The van der Waals surface area contributed by atoms with E-state index in [9.17, 15) is 24.4 Å². The first-order valence-corrected chi connectivity index (χ1v) is 16.3. The van der Waals surface area contributed by atoms with Crippen LogP contribution in [0, 0.1) is 17.9 Å². The monoisotopic (exact) mass is 604 g/mol. The lowest BCUT2D eigenvalue weighted by molar-refractivity contribution is 0.0487. The number of nitriles is 1. The normalized spacial score (nSPS) is 19.2. The van der Waals surface area contributed by atoms with Gasteiger partial charge in [-0.05, 0) is 76.9 Å². The minimum atomic E-state index is -0.384. The minimum Gasteiger partial charge on any atom is -0.271 e. The summed E-state index contributed by atoms with van der Waals surface area (Å²) in [6.07, 6.45) is 9.06. The highest BCUT2D eigenvalue weighted by molar-refractivity contribution is 6.43. The summed E-state index contributed by atoms with van der Waals surface area (Å²) in [4.78, 5) is 63.0. The highest BCUT2D eigenvalue weighted by Crippen LogP contribution is 2.50. The molecule has 8 nitrogen and oxygen atoms in total. The largest absolute Gasteiger partial charge is 0.271 e. The van der Waals surface area contributed by atoms with Crippen LogP contribution in [0.25, 0.3) is 47.9 Å². The van der Waals surface area contributed by atoms with Crippen molar-refractivity contribution < 1.29 is 19.2 Å². The number of hydrogen-bond acceptors (Lipinski definition) is 5. The van der Waals surface area contributed by atoms with E-state index in [0.29, 0.717) is 65.3 Å². The van der Waals surface area contributed by atoms with E-state index in [0.717, 1.165) is 64.2 Å². The van der Waals surface area contributed by atoms with Crippen molar-refractivity contribution in [1.82, 2.24) is 9.80 Å². The topological polar surface area (TPSA) is 103 Å². The van der Waals surface area contributed by atoms with Crippen LogP contribution in [0.3, 0.4) is 0 Å². The van der Waals surface area contributed by atoms with E-state index < -0.39 is 0 Å². The van der Waals surface area contributed by atoms with Gasteiger partial charge in [-0.3, -0.25) is 29.0 Å². The molecule has 0 bridgehead atoms. The van der Waals surface area contributed by atoms with E-state index in [2.05, 4.69) is 10.9 Å². The maximum atomic E-state index is 14.1. The van der Waals surface area contributed by atoms with Gasteiger partial charge in [0, 0.05) is 44.9 Å². The zero-order valence-corrected chi connectivity index (χ0v) is 25.1. The molecule has 9 rings (SSSR count). The van der Waals surface area contributed by atoms with Gasteiger partial charge in [0.15, 0.2) is 5.69 Å². The summed E-state index contributed by atoms with van der Waals surface area (Å²) >= 11 is 0. The predicted octanol–water partition coefficient (Wildman–Crippen LogP) is 8.02. The molecular weight excluding hydrogens is 576 g/mol. The fourth-order valence-corrected chi connectivity index (χ4v) is 9.00. The average Bonchev–Trinajstić information content (AvgIpc) is 3.09. The quantitative estimate of drug-likeness (QED) is 0.0879. The molecule has 0 N–H and O–H groups in total. The Hall–Kier alpha value is -5.34. The number of imide groups is 2. The van der Waals surface area contributed by atoms with Gasteiger partial charge in [0.05, 0.1) is 23.8 Å². The van der Waals surface area contributed by atoms with E-state index in [1.165, 1.54) is 9.80 Å². The Labute approximate surface area is 264 Å². The van der Waals surface area contributed by atoms with Crippen LogP contribution in [0.2, 0.25) is 0 Å². The molecular formula is C38H28N4O4. The Balaban J connectivity index is 1.38. The summed E-state index contributed by atoms with van der Waals surface area (Å²) in [5.74, 6) is -1.42. The lowest BCUT2D eigenvalue weighted by atomic mass is 9.79. The zero-order valence-electron chi connectivity index (χ0n) is 25.1. The Kier molecular flexibility index (Phi) is 5.63. The van der Waals surface area contributed by atoms with Crippen molar-refractivity contribution in [2.24, 2.45) is 0 Å². The molecule has 5 aromatic carbocycles. The summed E-state index contributed by atoms with van der Waals surface area (Å²) in [5, 5.41) is 15.1. The third-order valence-corrected chi connectivity index (χ3v) is 11.0. The molecule has 2 saturated carbocycles. The van der Waals surface area contributed by atoms with Crippen molar-refractivity contribution in [2.75, 3.05) is 0 Å². The second-order valence-electron chi connectivity index (χ2n) is 13.3. The Morgan fingerprint density at radius 3 is 1.54 bits per heavy atom. The smallest absolute Gasteiger partial charge is 0.261 e. The average molecular weight is 605 g/mol. The first-order chi connectivity index (χ1) is 22.4. The number of nitrogens with zero attached hydrogens (tertiary/aromatic N) is 4. The molecule has 4 aliphatic rings. The van der Waals surface area contributed by atoms with Gasteiger partial charge in [-0.2, -0.15) is 5.26 Å². The molecule has 2 aliphatic heterocycles. The third kappa shape index (κ3) is 3.31. The van der Waals surface area contributed by atoms with Crippen LogP contribution in [0.5, 0.6) is 0 Å². The highest BCUT2D eigenvalue weighted by atomic mass is 16.2. The molecule has 0 aromatic heterocycles. The summed E-state index contributed by atoms with van der Waals surface area (Å²) in [5.41, 5.74) is 2.01. The summed E-state index contributed by atoms with van der Waals surface area (Å²) in [6, 6.07) is 12.2. The fourth-order valence-electron chi connectivity index (χ4n) is 9.00. The van der Waals surface area contributed by atoms with Crippen LogP contribution < -0.4 is 0 Å². The highest BCUT2D eigenvalue weighted by Gasteiger charge is 2.42. The van der Waals surface area contributed by atoms with Crippen molar-refractivity contribution in [2.45, 2.75) is 76.3 Å². The number of benzene rings is 5. The van der Waals surface area contributed by atoms with Crippen LogP contribution in [-0.2, 0) is 0 Å². The number of fused-ring (bicyclic) bond motifs is 2. The maximum absolute atomic E-state index is 14.1. The maximum Gasteiger partial charge on any atom is 0.261 e. The SMILES string of the molecule is [C-]#[N+]c1cc2c3c(ccc4c5c(C#N)cc6c7c(ccc(c1c34)c75)C(=O)N(C1CCCCC1)C6=O)C(=O)N(C1CCCCC1)C2=O. The van der Waals surface area contributed by atoms with Crippen molar-refractivity contribution >= 4 is 72.4 Å². The Morgan fingerprint density at radius 1 is 0.587 bits per heavy atom. The van der Waals surface area contributed by atoms with Crippen molar-refractivity contribution in [3.63, 3.8) is 0 Å². The van der Waals surface area contributed by atoms with Gasteiger partial charge in [-0.15, -0.1) is 0 Å². The molecule has 2 fully saturated rings. The summed E-state index contributed by atoms with van der Waals surface area (Å²) in [6.45, 7) is 8.21. The lowest BCUT2D eigenvalue weighted by Gasteiger charge is -2.37. The number of carbonyl (C=O) groups is 4. The van der Waals surface area contributed by atoms with Gasteiger partial charge in [0.25, 0.3) is 23.6 Å². The molecule has 0 radical (unpaired) electrons. The molecule has 46 heavy (non-hydrogen) atoms. The van der Waals surface area contributed by atoms with Crippen molar-refractivity contribution in [3.8, 4) is 6.07 Å². The standard InChI is InChI=1S/C38H28N4O4/c1-40-28-17-27-31-25(36(44)42(38(27)46)21-10-6-3-7-11-21)14-12-22-29-19(18-39)16-26-30-24(15-13-23(33(29)30)32(28)34(22)31)35(43)41(37(26)45)20-8-4-2-5-9-20/h12-17,20-21H,2-11H2. The molecule has 0 atom stereocenters. The van der Waals surface area contributed by atoms with Crippen molar-refractivity contribution in [3.05, 3.63) is 75.6 Å². The second kappa shape index (κ2) is 9.58. The summed E-state index contributed by atoms with van der Waals surface area (Å²) in [7, 11) is 0. The van der Waals surface area contributed by atoms with E-state index in [-0.39, 0.29) is 47.0 Å². The van der Waals surface area contributed by atoms with Gasteiger partial charge in [-0.1, -0.05) is 50.7 Å². The number of hydrogen-bond donors (Lipinski definition) is 0. The fraction of sp³-hybridized carbons (Fsp3) is 0.316. The van der Waals surface area contributed by atoms with E-state index in [1.807, 2.05) is 0 Å². The number of rotatable bonds is 2. The van der Waals surface area contributed by atoms with Gasteiger partial charge in [-0.25, -0.2) is 4.85 Å². The molecule has 0 unspecified atom stereocenters. The van der Waals surface area contributed by atoms with E-state index in [4.69, 9.17) is 6.57 Å². The molecule has 4 amide bonds. The Bertz CT molecular complexity index is 2180. The van der Waals surface area contributed by atoms with Crippen LogP contribution in [-0.4, -0.2) is 45.5 Å². The predicted molar refractivity (Wildman–Crippen MR) is 173 cm³/mol. The minimum absolute atomic E-state index is 0.175. The van der Waals surface area contributed by atoms with Crippen LogP contribution in [0.4, 0.5) is 5.69 Å². The first kappa shape index (κ1) is 27.0. The van der Waals surface area contributed by atoms with Crippen LogP contribution in [0.1, 0.15) is 111 Å². The molecule has 0 saturated heterocycles. The third-order valence-electron chi connectivity index (χ3n) is 11.0. The van der Waals surface area contributed by atoms with Gasteiger partial charge >= 0.3 is 0 Å². The van der Waals surface area contributed by atoms with Gasteiger partial charge < -0.3 is 0 Å². The number of carbonyl (C=O) groups excluding carboxylic acids is 4. The van der Waals surface area contributed by atoms with E-state index >= 15 is 0 Å². The van der Waals surface area contributed by atoms with Crippen molar-refractivity contribution in [1.29, 1.82) is 5.26 Å². The zero-order chi connectivity index (χ0) is 31.4. The molecule has 2 heterocycles. The molecule has 0 spiro atoms. The van der Waals surface area contributed by atoms with Gasteiger partial charge in [0.1, 0.15) is 0 Å². The first-order valence-electron chi connectivity index (χ1n) is 16.3. The van der Waals surface area contributed by atoms with Crippen LogP contribution in [0.15, 0.2) is 36.4 Å². The molecule has 224 valence electrons. The molecule has 5 aromatic rings. The second-order valence-corrected chi connectivity index (χ2v) is 13.3. The summed E-state index contributed by atoms with van der Waals surface area (Å²) < 4.78 is 0. The molecule has 2 aliphatic carbocycles. The number of amides is 4. The van der Waals surface area contributed by atoms with Crippen LogP contribution >= 0.6 is 0 Å². The molecule has 8 heteroatoms. The Morgan fingerprint density at radius 2 is 1.04 bits per heavy atom. The lowest BCUT2D eigenvalue weighted by Crippen LogP contribution is -2.48.